The zero-order valence-electron chi connectivity index (χ0n) is 16.5. The molecule has 0 unspecified atom stereocenters. The van der Waals surface area contributed by atoms with Gasteiger partial charge in [-0.1, -0.05) is 29.8 Å². The Kier molecular flexibility index (Phi) is 5.41. The highest BCUT2D eigenvalue weighted by Crippen LogP contribution is 2.45. The highest BCUT2D eigenvalue weighted by atomic mass is 35.5. The van der Waals surface area contributed by atoms with E-state index in [1.807, 2.05) is 12.1 Å². The van der Waals surface area contributed by atoms with Crippen molar-refractivity contribution in [3.63, 3.8) is 0 Å². The summed E-state index contributed by atoms with van der Waals surface area (Å²) >= 11 is 6.06. The quantitative estimate of drug-likeness (QED) is 0.803. The molecule has 0 aromatic heterocycles. The van der Waals surface area contributed by atoms with E-state index in [0.717, 1.165) is 42.8 Å². The van der Waals surface area contributed by atoms with Gasteiger partial charge >= 0.3 is 0 Å². The molecule has 0 saturated carbocycles. The van der Waals surface area contributed by atoms with Crippen molar-refractivity contribution in [2.45, 2.75) is 50.9 Å². The Hall–Kier alpha value is -1.59. The first-order valence-corrected chi connectivity index (χ1v) is 10.4. The van der Waals surface area contributed by atoms with Gasteiger partial charge in [0.1, 0.15) is 11.4 Å². The Morgan fingerprint density at radius 1 is 1.14 bits per heavy atom. The predicted molar refractivity (Wildman–Crippen MR) is 111 cm³/mol. The number of hydrogen-bond acceptors (Lipinski definition) is 4. The second-order valence-electron chi connectivity index (χ2n) is 8.35. The Morgan fingerprint density at radius 3 is 2.61 bits per heavy atom. The van der Waals surface area contributed by atoms with E-state index in [1.54, 1.807) is 12.1 Å². The largest absolute Gasteiger partial charge is 0.487 e. The number of nitrogens with zero attached hydrogens (tertiary/aromatic N) is 1. The number of benzene rings is 2. The molecular formula is C23H28ClNO3. The maximum atomic E-state index is 10.7. The number of rotatable bonds is 3. The van der Waals surface area contributed by atoms with Gasteiger partial charge in [-0.25, -0.2) is 0 Å². The highest BCUT2D eigenvalue weighted by Gasteiger charge is 2.43. The van der Waals surface area contributed by atoms with Crippen molar-refractivity contribution < 1.29 is 14.9 Å². The van der Waals surface area contributed by atoms with E-state index in [-0.39, 0.29) is 5.60 Å². The van der Waals surface area contributed by atoms with Crippen LogP contribution < -0.4 is 4.74 Å². The van der Waals surface area contributed by atoms with Gasteiger partial charge < -0.3 is 19.8 Å². The Balaban J connectivity index is 1.39. The fourth-order valence-corrected chi connectivity index (χ4v) is 4.56. The first kappa shape index (κ1) is 19.7. The predicted octanol–water partition coefficient (Wildman–Crippen LogP) is 4.34. The first-order valence-electron chi connectivity index (χ1n) is 9.99. The van der Waals surface area contributed by atoms with E-state index in [2.05, 4.69) is 30.9 Å². The Bertz CT molecular complexity index is 861. The summed E-state index contributed by atoms with van der Waals surface area (Å²) < 4.78 is 6.34. The van der Waals surface area contributed by atoms with Gasteiger partial charge in [0.05, 0.1) is 12.2 Å². The van der Waals surface area contributed by atoms with Crippen molar-refractivity contribution in [2.75, 3.05) is 19.6 Å². The molecular weight excluding hydrogens is 374 g/mol. The molecule has 1 spiro atoms. The van der Waals surface area contributed by atoms with Crippen molar-refractivity contribution in [3.8, 4) is 5.75 Å². The molecule has 0 aliphatic carbocycles. The van der Waals surface area contributed by atoms with E-state index in [4.69, 9.17) is 16.3 Å². The zero-order valence-corrected chi connectivity index (χ0v) is 17.2. The summed E-state index contributed by atoms with van der Waals surface area (Å²) in [7, 11) is 0. The number of piperidine rings is 1. The third-order valence-corrected chi connectivity index (χ3v) is 6.57. The average Bonchev–Trinajstić information content (AvgIpc) is 2.67. The van der Waals surface area contributed by atoms with Gasteiger partial charge in [0.2, 0.25) is 0 Å². The normalized spacial score (nSPS) is 22.5. The van der Waals surface area contributed by atoms with Crippen molar-refractivity contribution in [1.29, 1.82) is 0 Å². The van der Waals surface area contributed by atoms with E-state index >= 15 is 0 Å². The minimum absolute atomic E-state index is 0.331. The molecule has 1 saturated heterocycles. The molecule has 0 radical (unpaired) electrons. The number of aryl methyl sites for hydroxylation is 2. The van der Waals surface area contributed by atoms with E-state index in [9.17, 15) is 10.2 Å². The van der Waals surface area contributed by atoms with Crippen LogP contribution in [-0.4, -0.2) is 40.3 Å². The molecule has 5 heteroatoms. The monoisotopic (exact) mass is 401 g/mol. The second kappa shape index (κ2) is 7.68. The average molecular weight is 402 g/mol. The van der Waals surface area contributed by atoms with E-state index in [0.29, 0.717) is 18.0 Å². The number of ether oxygens (including phenoxy) is 1. The summed E-state index contributed by atoms with van der Waals surface area (Å²) in [5.41, 5.74) is 3.87. The molecule has 4 rings (SSSR count). The Morgan fingerprint density at radius 2 is 1.89 bits per heavy atom. The van der Waals surface area contributed by atoms with Gasteiger partial charge in [0.25, 0.3) is 0 Å². The molecule has 0 bridgehead atoms. The lowest BCUT2D eigenvalue weighted by Gasteiger charge is -2.46. The van der Waals surface area contributed by atoms with Gasteiger partial charge in [-0.3, -0.25) is 0 Å². The maximum Gasteiger partial charge on any atom is 0.126 e. The molecule has 2 aliphatic heterocycles. The van der Waals surface area contributed by atoms with E-state index in [1.165, 1.54) is 11.1 Å². The van der Waals surface area contributed by atoms with Crippen LogP contribution in [0.25, 0.3) is 0 Å². The SMILES string of the molecule is Cc1ccc([C@@H](O)CN2CCC3(CC2)C[C@H](O)c2cc(Cl)ccc2O3)cc1C. The van der Waals surface area contributed by atoms with Crippen LogP contribution >= 0.6 is 11.6 Å². The zero-order chi connectivity index (χ0) is 19.9. The van der Waals surface area contributed by atoms with Crippen molar-refractivity contribution in [1.82, 2.24) is 4.90 Å². The number of likely N-dealkylation sites (tertiary alicyclic amines) is 1. The number of halogens is 1. The van der Waals surface area contributed by atoms with Crippen molar-refractivity contribution in [2.24, 2.45) is 0 Å². The molecule has 28 heavy (non-hydrogen) atoms. The standard InChI is InChI=1S/C23H28ClNO3/c1-15-3-4-17(11-16(15)2)21(27)14-25-9-7-23(8-10-25)13-20(26)19-12-18(24)5-6-22(19)28-23/h3-6,11-12,20-21,26-27H,7-10,13-14H2,1-2H3/t20-,21-/m0/s1. The lowest BCUT2D eigenvalue weighted by Crippen LogP contribution is -2.51. The smallest absolute Gasteiger partial charge is 0.126 e. The van der Waals surface area contributed by atoms with Gasteiger partial charge in [-0.15, -0.1) is 0 Å². The number of β-amino-alcohol motifs (C(OH)–C–C–N with tert-alkyl or cyclic N) is 1. The van der Waals surface area contributed by atoms with Crippen LogP contribution in [0, 0.1) is 13.8 Å². The molecule has 2 aromatic carbocycles. The third kappa shape index (κ3) is 3.92. The molecule has 2 atom stereocenters. The van der Waals surface area contributed by atoms with E-state index < -0.39 is 12.2 Å². The summed E-state index contributed by atoms with van der Waals surface area (Å²) in [6, 6.07) is 11.6. The molecule has 2 aromatic rings. The fraction of sp³-hybridized carbons (Fsp3) is 0.478. The summed E-state index contributed by atoms with van der Waals surface area (Å²) in [4.78, 5) is 2.29. The Labute approximate surface area is 171 Å². The number of hydrogen-bond donors (Lipinski definition) is 2. The molecule has 0 amide bonds. The van der Waals surface area contributed by atoms with Crippen molar-refractivity contribution in [3.05, 3.63) is 63.7 Å². The van der Waals surface area contributed by atoms with Crippen LogP contribution in [0.5, 0.6) is 5.75 Å². The van der Waals surface area contributed by atoms with Crippen LogP contribution in [0.4, 0.5) is 0 Å². The molecule has 2 N–H and O–H groups in total. The second-order valence-corrected chi connectivity index (χ2v) is 8.78. The topological polar surface area (TPSA) is 52.9 Å². The molecule has 150 valence electrons. The highest BCUT2D eigenvalue weighted by molar-refractivity contribution is 6.30. The molecule has 2 heterocycles. The van der Waals surface area contributed by atoms with Crippen LogP contribution in [0.15, 0.2) is 36.4 Å². The minimum atomic E-state index is -0.546. The number of aliphatic hydroxyl groups is 2. The van der Waals surface area contributed by atoms with Crippen molar-refractivity contribution >= 4 is 11.6 Å². The molecule has 1 fully saturated rings. The summed E-state index contributed by atoms with van der Waals surface area (Å²) in [6.45, 7) is 6.47. The maximum absolute atomic E-state index is 10.7. The van der Waals surface area contributed by atoms with Crippen LogP contribution in [0.3, 0.4) is 0 Å². The summed E-state index contributed by atoms with van der Waals surface area (Å²) in [6.07, 6.45) is 1.23. The molecule has 4 nitrogen and oxygen atoms in total. The van der Waals surface area contributed by atoms with Crippen LogP contribution in [0.1, 0.15) is 53.7 Å². The van der Waals surface area contributed by atoms with Gasteiger partial charge in [0.15, 0.2) is 0 Å². The van der Waals surface area contributed by atoms with Gasteiger partial charge in [0, 0.05) is 36.6 Å². The number of aliphatic hydroxyl groups excluding tert-OH is 2. The minimum Gasteiger partial charge on any atom is -0.487 e. The van der Waals surface area contributed by atoms with Crippen LogP contribution in [-0.2, 0) is 0 Å². The molecule has 2 aliphatic rings. The lowest BCUT2D eigenvalue weighted by atomic mass is 9.81. The lowest BCUT2D eigenvalue weighted by molar-refractivity contribution is -0.0587. The number of fused-ring (bicyclic) bond motifs is 1. The third-order valence-electron chi connectivity index (χ3n) is 6.34. The summed E-state index contributed by atoms with van der Waals surface area (Å²) in [5.74, 6) is 0.742. The summed E-state index contributed by atoms with van der Waals surface area (Å²) in [5, 5.41) is 21.9. The van der Waals surface area contributed by atoms with Gasteiger partial charge in [-0.2, -0.15) is 0 Å². The fourth-order valence-electron chi connectivity index (χ4n) is 4.38. The first-order chi connectivity index (χ1) is 13.3. The van der Waals surface area contributed by atoms with Crippen LogP contribution in [0.2, 0.25) is 5.02 Å². The van der Waals surface area contributed by atoms with Gasteiger partial charge in [-0.05, 0) is 61.6 Å².